The fourth-order valence-electron chi connectivity index (χ4n) is 1.80. The number of carbonyl (C=O) groups is 1. The maximum Gasteiger partial charge on any atom is 0.266 e. The minimum absolute atomic E-state index is 0.299. The molecule has 7 heteroatoms. The van der Waals surface area contributed by atoms with Crippen LogP contribution in [0.15, 0.2) is 30.5 Å². The van der Waals surface area contributed by atoms with E-state index in [0.717, 1.165) is 0 Å². The standard InChI is InChI=1S/C15H16N4O3/c1-10(22-13-6-4-12(21-3)5-7-13)15(20)18-14-11(8-16)9-17-19(14)2/h4-7,9-10H,1-3H3,(H,18,20). The van der Waals surface area contributed by atoms with Gasteiger partial charge in [0.15, 0.2) is 6.10 Å². The molecule has 114 valence electrons. The highest BCUT2D eigenvalue weighted by Crippen LogP contribution is 2.19. The third kappa shape index (κ3) is 3.35. The van der Waals surface area contributed by atoms with Crippen LogP contribution in [0.25, 0.3) is 0 Å². The molecule has 1 aromatic carbocycles. The van der Waals surface area contributed by atoms with E-state index in [1.165, 1.54) is 10.9 Å². The van der Waals surface area contributed by atoms with Gasteiger partial charge >= 0.3 is 0 Å². The first-order valence-corrected chi connectivity index (χ1v) is 6.59. The Balaban J connectivity index is 2.02. The Kier molecular flexibility index (Phi) is 4.63. The van der Waals surface area contributed by atoms with E-state index in [-0.39, 0.29) is 5.91 Å². The number of aryl methyl sites for hydroxylation is 1. The number of carbonyl (C=O) groups excluding carboxylic acids is 1. The van der Waals surface area contributed by atoms with Gasteiger partial charge in [-0.2, -0.15) is 10.4 Å². The first-order chi connectivity index (χ1) is 10.5. The van der Waals surface area contributed by atoms with Gasteiger partial charge in [0.05, 0.1) is 13.3 Å². The van der Waals surface area contributed by atoms with Gasteiger partial charge in [-0.25, -0.2) is 0 Å². The van der Waals surface area contributed by atoms with Crippen LogP contribution in [-0.4, -0.2) is 28.9 Å². The zero-order chi connectivity index (χ0) is 16.1. The molecule has 1 N–H and O–H groups in total. The van der Waals surface area contributed by atoms with Crippen molar-refractivity contribution in [2.45, 2.75) is 13.0 Å². The molecule has 1 unspecified atom stereocenters. The molecule has 0 radical (unpaired) electrons. The monoisotopic (exact) mass is 300 g/mol. The van der Waals surface area contributed by atoms with Crippen molar-refractivity contribution in [3.05, 3.63) is 36.0 Å². The first kappa shape index (κ1) is 15.4. The number of nitrogens with zero attached hydrogens (tertiary/aromatic N) is 3. The molecule has 1 aromatic heterocycles. The van der Waals surface area contributed by atoms with Gasteiger partial charge in [-0.1, -0.05) is 0 Å². The maximum absolute atomic E-state index is 12.1. The van der Waals surface area contributed by atoms with Crippen LogP contribution in [0.1, 0.15) is 12.5 Å². The van der Waals surface area contributed by atoms with Crippen LogP contribution in [0.5, 0.6) is 11.5 Å². The molecule has 1 atom stereocenters. The molecule has 0 aliphatic heterocycles. The van der Waals surface area contributed by atoms with Gasteiger partial charge < -0.3 is 14.8 Å². The van der Waals surface area contributed by atoms with Gasteiger partial charge in [-0.05, 0) is 31.2 Å². The molecule has 1 amide bonds. The summed E-state index contributed by atoms with van der Waals surface area (Å²) in [4.78, 5) is 12.1. The number of ether oxygens (including phenoxy) is 2. The zero-order valence-corrected chi connectivity index (χ0v) is 12.5. The Labute approximate surface area is 128 Å². The Morgan fingerprint density at radius 3 is 2.59 bits per heavy atom. The van der Waals surface area contributed by atoms with Crippen molar-refractivity contribution in [3.63, 3.8) is 0 Å². The first-order valence-electron chi connectivity index (χ1n) is 6.59. The maximum atomic E-state index is 12.1. The van der Waals surface area contributed by atoms with Crippen LogP contribution >= 0.6 is 0 Å². The van der Waals surface area contributed by atoms with E-state index in [1.807, 2.05) is 6.07 Å². The molecule has 1 heterocycles. The van der Waals surface area contributed by atoms with Gasteiger partial charge in [-0.15, -0.1) is 0 Å². The molecule has 0 spiro atoms. The Morgan fingerprint density at radius 1 is 1.36 bits per heavy atom. The van der Waals surface area contributed by atoms with Crippen LogP contribution < -0.4 is 14.8 Å². The molecule has 0 bridgehead atoms. The second-order valence-electron chi connectivity index (χ2n) is 4.57. The molecule has 0 saturated heterocycles. The quantitative estimate of drug-likeness (QED) is 0.908. The number of methoxy groups -OCH3 is 1. The highest BCUT2D eigenvalue weighted by molar-refractivity contribution is 5.94. The number of aromatic nitrogens is 2. The van der Waals surface area contributed by atoms with E-state index in [4.69, 9.17) is 14.7 Å². The molecule has 0 fully saturated rings. The molecular weight excluding hydrogens is 284 g/mol. The lowest BCUT2D eigenvalue weighted by Crippen LogP contribution is -2.31. The molecule has 0 saturated carbocycles. The molecule has 7 nitrogen and oxygen atoms in total. The number of amides is 1. The van der Waals surface area contributed by atoms with Gasteiger partial charge in [0.25, 0.3) is 5.91 Å². The minimum Gasteiger partial charge on any atom is -0.497 e. The Hall–Kier alpha value is -3.01. The normalized spacial score (nSPS) is 11.4. The van der Waals surface area contributed by atoms with E-state index in [1.54, 1.807) is 45.3 Å². The second-order valence-corrected chi connectivity index (χ2v) is 4.57. The highest BCUT2D eigenvalue weighted by Gasteiger charge is 2.18. The van der Waals surface area contributed by atoms with E-state index in [0.29, 0.717) is 22.9 Å². The predicted octanol–water partition coefficient (Wildman–Crippen LogP) is 1.71. The van der Waals surface area contributed by atoms with Crippen molar-refractivity contribution < 1.29 is 14.3 Å². The summed E-state index contributed by atoms with van der Waals surface area (Å²) in [7, 11) is 3.22. The van der Waals surface area contributed by atoms with Crippen molar-refractivity contribution in [1.82, 2.24) is 9.78 Å². The van der Waals surface area contributed by atoms with E-state index in [9.17, 15) is 4.79 Å². The molecular formula is C15H16N4O3. The number of benzene rings is 1. The van der Waals surface area contributed by atoms with Crippen LogP contribution in [0.4, 0.5) is 5.82 Å². The van der Waals surface area contributed by atoms with Crippen LogP contribution in [0, 0.1) is 11.3 Å². The van der Waals surface area contributed by atoms with Crippen LogP contribution in [0.2, 0.25) is 0 Å². The number of nitrogens with one attached hydrogen (secondary N) is 1. The molecule has 22 heavy (non-hydrogen) atoms. The van der Waals surface area contributed by atoms with Crippen molar-refractivity contribution in [2.75, 3.05) is 12.4 Å². The summed E-state index contributed by atoms with van der Waals surface area (Å²) < 4.78 is 12.0. The summed E-state index contributed by atoms with van der Waals surface area (Å²) >= 11 is 0. The highest BCUT2D eigenvalue weighted by atomic mass is 16.5. The minimum atomic E-state index is -0.727. The third-order valence-corrected chi connectivity index (χ3v) is 3.04. The average molecular weight is 300 g/mol. The van der Waals surface area contributed by atoms with Gasteiger partial charge in [0, 0.05) is 7.05 Å². The predicted molar refractivity (Wildman–Crippen MR) is 79.6 cm³/mol. The summed E-state index contributed by atoms with van der Waals surface area (Å²) in [5.41, 5.74) is 0.299. The largest absolute Gasteiger partial charge is 0.497 e. The summed E-state index contributed by atoms with van der Waals surface area (Å²) in [6.45, 7) is 1.63. The van der Waals surface area contributed by atoms with Crippen molar-refractivity contribution >= 4 is 11.7 Å². The van der Waals surface area contributed by atoms with E-state index >= 15 is 0 Å². The topological polar surface area (TPSA) is 89.2 Å². The summed E-state index contributed by atoms with van der Waals surface area (Å²) in [5, 5.41) is 15.5. The lowest BCUT2D eigenvalue weighted by molar-refractivity contribution is -0.122. The van der Waals surface area contributed by atoms with Gasteiger partial charge in [0.1, 0.15) is 28.9 Å². The average Bonchev–Trinajstić information content (AvgIpc) is 2.88. The molecule has 2 aromatic rings. The van der Waals surface area contributed by atoms with Crippen molar-refractivity contribution in [2.24, 2.45) is 7.05 Å². The lowest BCUT2D eigenvalue weighted by Gasteiger charge is -2.15. The van der Waals surface area contributed by atoms with Crippen molar-refractivity contribution in [1.29, 1.82) is 5.26 Å². The Bertz CT molecular complexity index is 701. The van der Waals surface area contributed by atoms with E-state index < -0.39 is 6.10 Å². The molecule has 0 aliphatic rings. The second kappa shape index (κ2) is 6.63. The number of hydrogen-bond acceptors (Lipinski definition) is 5. The third-order valence-electron chi connectivity index (χ3n) is 3.04. The van der Waals surface area contributed by atoms with Crippen LogP contribution in [-0.2, 0) is 11.8 Å². The number of anilines is 1. The summed E-state index contributed by atoms with van der Waals surface area (Å²) in [5.74, 6) is 1.24. The van der Waals surface area contributed by atoms with Gasteiger partial charge in [0.2, 0.25) is 0 Å². The summed E-state index contributed by atoms with van der Waals surface area (Å²) in [6, 6.07) is 8.89. The molecule has 2 rings (SSSR count). The summed E-state index contributed by atoms with van der Waals surface area (Å²) in [6.07, 6.45) is 0.666. The fraction of sp³-hybridized carbons (Fsp3) is 0.267. The van der Waals surface area contributed by atoms with Gasteiger partial charge in [-0.3, -0.25) is 9.48 Å². The fourth-order valence-corrected chi connectivity index (χ4v) is 1.80. The van der Waals surface area contributed by atoms with Crippen molar-refractivity contribution in [3.8, 4) is 17.6 Å². The lowest BCUT2D eigenvalue weighted by atomic mass is 10.3. The zero-order valence-electron chi connectivity index (χ0n) is 12.5. The Morgan fingerprint density at radius 2 is 2.00 bits per heavy atom. The number of hydrogen-bond donors (Lipinski definition) is 1. The van der Waals surface area contributed by atoms with Crippen LogP contribution in [0.3, 0.4) is 0 Å². The molecule has 0 aliphatic carbocycles. The smallest absolute Gasteiger partial charge is 0.266 e. The number of rotatable bonds is 5. The SMILES string of the molecule is COc1ccc(OC(C)C(=O)Nc2c(C#N)cnn2C)cc1. The number of nitriles is 1. The van der Waals surface area contributed by atoms with E-state index in [2.05, 4.69) is 10.4 Å².